The second-order valence-corrected chi connectivity index (χ2v) is 3.95. The highest BCUT2D eigenvalue weighted by molar-refractivity contribution is 5.25. The molecule has 0 spiro atoms. The molecule has 0 heterocycles. The highest BCUT2D eigenvalue weighted by Gasteiger charge is 1.97. The van der Waals surface area contributed by atoms with Gasteiger partial charge in [-0.3, -0.25) is 0 Å². The fourth-order valence-electron chi connectivity index (χ4n) is 1.72. The highest BCUT2D eigenvalue weighted by Crippen LogP contribution is 2.12. The van der Waals surface area contributed by atoms with Gasteiger partial charge in [-0.1, -0.05) is 42.5 Å². The molecule has 0 aliphatic heterocycles. The van der Waals surface area contributed by atoms with Crippen molar-refractivity contribution < 1.29 is 4.74 Å². The number of ether oxygens (including phenoxy) is 1. The van der Waals surface area contributed by atoms with Crippen LogP contribution in [0, 0.1) is 0 Å². The molecule has 0 aromatic heterocycles. The molecule has 0 saturated carbocycles. The summed E-state index contributed by atoms with van der Waals surface area (Å²) in [5.41, 5.74) is 2.48. The first-order chi connectivity index (χ1) is 8.38. The van der Waals surface area contributed by atoms with Crippen LogP contribution in [0.3, 0.4) is 0 Å². The maximum Gasteiger partial charge on any atom is 0.119 e. The molecule has 0 unspecified atom stereocenters. The predicted octanol–water partition coefficient (Wildman–Crippen LogP) is 2.99. The van der Waals surface area contributed by atoms with E-state index in [4.69, 9.17) is 4.74 Å². The third-order valence-corrected chi connectivity index (χ3v) is 2.52. The van der Waals surface area contributed by atoms with Crippen LogP contribution in [0.4, 0.5) is 0 Å². The molecule has 2 aromatic rings. The standard InChI is InChI=1S/C15H17NO/c1-16-11-13-6-5-7-14(10-13)12-17-15-8-3-2-4-9-15/h2-10,16H,11-12H2,1H3. The molecular formula is C15H17NO. The number of nitrogens with one attached hydrogen (secondary N) is 1. The Morgan fingerprint density at radius 2 is 1.71 bits per heavy atom. The molecule has 2 aromatic carbocycles. The van der Waals surface area contributed by atoms with E-state index in [1.54, 1.807) is 0 Å². The van der Waals surface area contributed by atoms with E-state index in [0.717, 1.165) is 12.3 Å². The van der Waals surface area contributed by atoms with Gasteiger partial charge in [-0.2, -0.15) is 0 Å². The summed E-state index contributed by atoms with van der Waals surface area (Å²) in [7, 11) is 1.95. The molecule has 2 nitrogen and oxygen atoms in total. The van der Waals surface area contributed by atoms with Crippen molar-refractivity contribution in [2.24, 2.45) is 0 Å². The zero-order chi connectivity index (χ0) is 11.9. The van der Waals surface area contributed by atoms with Crippen molar-refractivity contribution in [1.29, 1.82) is 0 Å². The number of hydrogen-bond acceptors (Lipinski definition) is 2. The molecule has 0 atom stereocenters. The summed E-state index contributed by atoms with van der Waals surface area (Å²) >= 11 is 0. The van der Waals surface area contributed by atoms with Crippen LogP contribution in [0.15, 0.2) is 54.6 Å². The first-order valence-electron chi connectivity index (χ1n) is 5.79. The first kappa shape index (κ1) is 11.7. The Bertz CT molecular complexity index is 453. The summed E-state index contributed by atoms with van der Waals surface area (Å²) in [4.78, 5) is 0. The van der Waals surface area contributed by atoms with E-state index in [9.17, 15) is 0 Å². The maximum atomic E-state index is 5.70. The summed E-state index contributed by atoms with van der Waals surface area (Å²) in [6.45, 7) is 1.50. The van der Waals surface area contributed by atoms with Crippen LogP contribution in [-0.2, 0) is 13.2 Å². The van der Waals surface area contributed by atoms with Crippen molar-refractivity contribution in [3.63, 3.8) is 0 Å². The largest absolute Gasteiger partial charge is 0.489 e. The molecule has 0 bridgehead atoms. The molecule has 2 rings (SSSR count). The van der Waals surface area contributed by atoms with Crippen molar-refractivity contribution in [1.82, 2.24) is 5.32 Å². The zero-order valence-corrected chi connectivity index (χ0v) is 10.0. The van der Waals surface area contributed by atoms with Gasteiger partial charge in [-0.15, -0.1) is 0 Å². The van der Waals surface area contributed by atoms with Crippen molar-refractivity contribution in [2.75, 3.05) is 7.05 Å². The number of para-hydroxylation sites is 1. The molecule has 2 heteroatoms. The lowest BCUT2D eigenvalue weighted by molar-refractivity contribution is 0.306. The van der Waals surface area contributed by atoms with Crippen molar-refractivity contribution in [3.8, 4) is 5.75 Å². The number of benzene rings is 2. The lowest BCUT2D eigenvalue weighted by atomic mass is 10.1. The molecule has 0 aliphatic carbocycles. The zero-order valence-electron chi connectivity index (χ0n) is 10.0. The number of hydrogen-bond donors (Lipinski definition) is 1. The van der Waals surface area contributed by atoms with E-state index in [1.165, 1.54) is 11.1 Å². The fourth-order valence-corrected chi connectivity index (χ4v) is 1.72. The third kappa shape index (κ3) is 3.61. The molecule has 0 aliphatic rings. The van der Waals surface area contributed by atoms with E-state index in [0.29, 0.717) is 6.61 Å². The summed E-state index contributed by atoms with van der Waals surface area (Å²) in [5, 5.41) is 3.14. The normalized spacial score (nSPS) is 10.2. The Morgan fingerprint density at radius 1 is 0.941 bits per heavy atom. The molecule has 0 amide bonds. The van der Waals surface area contributed by atoms with E-state index < -0.39 is 0 Å². The van der Waals surface area contributed by atoms with Crippen molar-refractivity contribution in [2.45, 2.75) is 13.2 Å². The first-order valence-corrected chi connectivity index (χ1v) is 5.79. The van der Waals surface area contributed by atoms with Gasteiger partial charge in [-0.05, 0) is 30.3 Å². The van der Waals surface area contributed by atoms with Crippen LogP contribution < -0.4 is 10.1 Å². The van der Waals surface area contributed by atoms with Crippen LogP contribution in [-0.4, -0.2) is 7.05 Å². The van der Waals surface area contributed by atoms with Crippen molar-refractivity contribution >= 4 is 0 Å². The van der Waals surface area contributed by atoms with Gasteiger partial charge in [-0.25, -0.2) is 0 Å². The second-order valence-electron chi connectivity index (χ2n) is 3.95. The molecule has 0 fully saturated rings. The molecule has 17 heavy (non-hydrogen) atoms. The van der Waals surface area contributed by atoms with Crippen LogP contribution in [0.2, 0.25) is 0 Å². The van der Waals surface area contributed by atoms with Crippen LogP contribution in [0.25, 0.3) is 0 Å². The van der Waals surface area contributed by atoms with Crippen LogP contribution in [0.5, 0.6) is 5.75 Å². The second kappa shape index (κ2) is 6.06. The lowest BCUT2D eigenvalue weighted by Crippen LogP contribution is -2.05. The predicted molar refractivity (Wildman–Crippen MR) is 70.0 cm³/mol. The summed E-state index contributed by atoms with van der Waals surface area (Å²) in [5.74, 6) is 0.909. The van der Waals surface area contributed by atoms with Crippen LogP contribution >= 0.6 is 0 Å². The van der Waals surface area contributed by atoms with Gasteiger partial charge in [0.05, 0.1) is 0 Å². The Kier molecular flexibility index (Phi) is 4.17. The quantitative estimate of drug-likeness (QED) is 0.848. The van der Waals surface area contributed by atoms with Crippen molar-refractivity contribution in [3.05, 3.63) is 65.7 Å². The SMILES string of the molecule is CNCc1cccc(COc2ccccc2)c1. The van der Waals surface area contributed by atoms with Gasteiger partial charge < -0.3 is 10.1 Å². The summed E-state index contributed by atoms with van der Waals surface area (Å²) in [6.07, 6.45) is 0. The average Bonchev–Trinajstić information content (AvgIpc) is 2.39. The Morgan fingerprint density at radius 3 is 2.47 bits per heavy atom. The fraction of sp³-hybridized carbons (Fsp3) is 0.200. The number of rotatable bonds is 5. The smallest absolute Gasteiger partial charge is 0.119 e. The third-order valence-electron chi connectivity index (χ3n) is 2.52. The van der Waals surface area contributed by atoms with E-state index >= 15 is 0 Å². The minimum Gasteiger partial charge on any atom is -0.489 e. The van der Waals surface area contributed by atoms with Gasteiger partial charge in [0.15, 0.2) is 0 Å². The van der Waals surface area contributed by atoms with E-state index in [-0.39, 0.29) is 0 Å². The minimum absolute atomic E-state index is 0.613. The molecule has 88 valence electrons. The van der Waals surface area contributed by atoms with Gasteiger partial charge in [0, 0.05) is 6.54 Å². The Hall–Kier alpha value is -1.80. The minimum atomic E-state index is 0.613. The molecule has 0 saturated heterocycles. The van der Waals surface area contributed by atoms with E-state index in [1.807, 2.05) is 37.4 Å². The van der Waals surface area contributed by atoms with Gasteiger partial charge in [0.25, 0.3) is 0 Å². The molecule has 0 radical (unpaired) electrons. The molecular weight excluding hydrogens is 210 g/mol. The topological polar surface area (TPSA) is 21.3 Å². The average molecular weight is 227 g/mol. The van der Waals surface area contributed by atoms with Crippen LogP contribution in [0.1, 0.15) is 11.1 Å². The Balaban J connectivity index is 1.97. The summed E-state index contributed by atoms with van der Waals surface area (Å²) in [6, 6.07) is 18.3. The summed E-state index contributed by atoms with van der Waals surface area (Å²) < 4.78 is 5.70. The maximum absolute atomic E-state index is 5.70. The highest BCUT2D eigenvalue weighted by atomic mass is 16.5. The monoisotopic (exact) mass is 227 g/mol. The van der Waals surface area contributed by atoms with E-state index in [2.05, 4.69) is 29.6 Å². The molecule has 1 N–H and O–H groups in total. The van der Waals surface area contributed by atoms with Gasteiger partial charge in [0.2, 0.25) is 0 Å². The van der Waals surface area contributed by atoms with Gasteiger partial charge in [0.1, 0.15) is 12.4 Å². The lowest BCUT2D eigenvalue weighted by Gasteiger charge is -2.07. The Labute approximate surface area is 102 Å². The van der Waals surface area contributed by atoms with Gasteiger partial charge >= 0.3 is 0 Å².